The molecular formula is C11H23N3O2. The number of rotatable bonds is 9. The van der Waals surface area contributed by atoms with Gasteiger partial charge in [-0.25, -0.2) is 5.43 Å². The zero-order chi connectivity index (χ0) is 12.2. The minimum absolute atomic E-state index is 0.00191. The fourth-order valence-electron chi connectivity index (χ4n) is 1.30. The third kappa shape index (κ3) is 9.45. The highest BCUT2D eigenvalue weighted by Gasteiger charge is 2.01. The second-order valence-corrected chi connectivity index (χ2v) is 3.71. The summed E-state index contributed by atoms with van der Waals surface area (Å²) in [5.41, 5.74) is 5.09. The first-order chi connectivity index (χ1) is 7.70. The van der Waals surface area contributed by atoms with Gasteiger partial charge in [0.2, 0.25) is 11.8 Å². The quantitative estimate of drug-likeness (QED) is 0.403. The van der Waals surface area contributed by atoms with Gasteiger partial charge in [0.1, 0.15) is 0 Å². The van der Waals surface area contributed by atoms with Gasteiger partial charge in [0.05, 0.1) is 0 Å². The zero-order valence-electron chi connectivity index (χ0n) is 10.3. The molecule has 0 rings (SSSR count). The molecule has 2 amide bonds. The molecule has 3 N–H and O–H groups in total. The molecule has 0 bridgehead atoms. The molecule has 0 radical (unpaired) electrons. The van der Waals surface area contributed by atoms with Gasteiger partial charge in [-0.1, -0.05) is 13.3 Å². The van der Waals surface area contributed by atoms with Gasteiger partial charge < -0.3 is 5.32 Å². The van der Waals surface area contributed by atoms with Gasteiger partial charge in [0, 0.05) is 26.4 Å². The maximum atomic E-state index is 11.2. The molecule has 0 aliphatic carbocycles. The summed E-state index contributed by atoms with van der Waals surface area (Å²) >= 11 is 0. The van der Waals surface area contributed by atoms with Crippen LogP contribution in [0, 0.1) is 0 Å². The molecule has 5 heteroatoms. The van der Waals surface area contributed by atoms with Crippen molar-refractivity contribution in [3.63, 3.8) is 0 Å². The van der Waals surface area contributed by atoms with E-state index < -0.39 is 0 Å². The van der Waals surface area contributed by atoms with Gasteiger partial charge in [-0.05, 0) is 19.3 Å². The van der Waals surface area contributed by atoms with Gasteiger partial charge in [0.25, 0.3) is 0 Å². The van der Waals surface area contributed by atoms with Crippen molar-refractivity contribution >= 4 is 11.8 Å². The number of amides is 2. The summed E-state index contributed by atoms with van der Waals surface area (Å²) in [6, 6.07) is 0. The molecule has 0 heterocycles. The SMILES string of the molecule is CCCNC(=O)CCCCCC(=O)NNC. The Morgan fingerprint density at radius 3 is 2.19 bits per heavy atom. The smallest absolute Gasteiger partial charge is 0.234 e. The van der Waals surface area contributed by atoms with E-state index in [1.807, 2.05) is 6.92 Å². The lowest BCUT2D eigenvalue weighted by Crippen LogP contribution is -2.33. The van der Waals surface area contributed by atoms with Crippen LogP contribution in [0.2, 0.25) is 0 Å². The highest BCUT2D eigenvalue weighted by atomic mass is 16.2. The van der Waals surface area contributed by atoms with E-state index in [0.29, 0.717) is 12.8 Å². The molecule has 0 unspecified atom stereocenters. The van der Waals surface area contributed by atoms with E-state index >= 15 is 0 Å². The number of hydrazine groups is 1. The first-order valence-electron chi connectivity index (χ1n) is 5.93. The average molecular weight is 229 g/mol. The van der Waals surface area contributed by atoms with Gasteiger partial charge in [0.15, 0.2) is 0 Å². The van der Waals surface area contributed by atoms with Crippen molar-refractivity contribution in [3.8, 4) is 0 Å². The Morgan fingerprint density at radius 1 is 1.00 bits per heavy atom. The van der Waals surface area contributed by atoms with E-state index in [0.717, 1.165) is 32.2 Å². The zero-order valence-corrected chi connectivity index (χ0v) is 10.3. The molecule has 0 saturated carbocycles. The molecule has 0 saturated heterocycles. The summed E-state index contributed by atoms with van der Waals surface area (Å²) < 4.78 is 0. The van der Waals surface area contributed by atoms with Crippen molar-refractivity contribution in [2.45, 2.75) is 45.4 Å². The van der Waals surface area contributed by atoms with E-state index in [1.54, 1.807) is 7.05 Å². The van der Waals surface area contributed by atoms with E-state index in [1.165, 1.54) is 0 Å². The van der Waals surface area contributed by atoms with Crippen molar-refractivity contribution in [1.29, 1.82) is 0 Å². The monoisotopic (exact) mass is 229 g/mol. The summed E-state index contributed by atoms with van der Waals surface area (Å²) in [4.78, 5) is 22.2. The van der Waals surface area contributed by atoms with Crippen LogP contribution in [0.3, 0.4) is 0 Å². The van der Waals surface area contributed by atoms with Crippen molar-refractivity contribution in [3.05, 3.63) is 0 Å². The van der Waals surface area contributed by atoms with E-state index in [-0.39, 0.29) is 11.8 Å². The maximum Gasteiger partial charge on any atom is 0.234 e. The molecule has 0 atom stereocenters. The number of hydrogen-bond acceptors (Lipinski definition) is 3. The van der Waals surface area contributed by atoms with Gasteiger partial charge >= 0.3 is 0 Å². The lowest BCUT2D eigenvalue weighted by molar-refractivity contribution is -0.122. The van der Waals surface area contributed by atoms with Crippen LogP contribution in [-0.2, 0) is 9.59 Å². The molecule has 0 aromatic carbocycles. The van der Waals surface area contributed by atoms with Gasteiger partial charge in [-0.3, -0.25) is 15.0 Å². The van der Waals surface area contributed by atoms with Crippen LogP contribution in [0.4, 0.5) is 0 Å². The number of nitrogens with one attached hydrogen (secondary N) is 3. The summed E-state index contributed by atoms with van der Waals surface area (Å²) in [5, 5.41) is 2.82. The third-order valence-corrected chi connectivity index (χ3v) is 2.14. The molecule has 16 heavy (non-hydrogen) atoms. The van der Waals surface area contributed by atoms with E-state index in [9.17, 15) is 9.59 Å². The van der Waals surface area contributed by atoms with Gasteiger partial charge in [-0.2, -0.15) is 0 Å². The van der Waals surface area contributed by atoms with Crippen LogP contribution in [-0.4, -0.2) is 25.4 Å². The molecule has 5 nitrogen and oxygen atoms in total. The topological polar surface area (TPSA) is 70.2 Å². The molecule has 0 aliphatic rings. The Kier molecular flexibility index (Phi) is 9.70. The van der Waals surface area contributed by atoms with E-state index in [2.05, 4.69) is 16.2 Å². The first-order valence-corrected chi connectivity index (χ1v) is 5.93. The molecule has 0 aromatic rings. The summed E-state index contributed by atoms with van der Waals surface area (Å²) in [6.45, 7) is 2.78. The lowest BCUT2D eigenvalue weighted by Gasteiger charge is -2.04. The number of carbonyl (C=O) groups excluding carboxylic acids is 2. The van der Waals surface area contributed by atoms with Crippen LogP contribution in [0.5, 0.6) is 0 Å². The Bertz CT molecular complexity index is 207. The van der Waals surface area contributed by atoms with E-state index in [4.69, 9.17) is 0 Å². The molecule has 0 fully saturated rings. The Labute approximate surface area is 97.3 Å². The summed E-state index contributed by atoms with van der Waals surface area (Å²) in [7, 11) is 1.66. The maximum absolute atomic E-state index is 11.2. The Morgan fingerprint density at radius 2 is 1.62 bits per heavy atom. The normalized spacial score (nSPS) is 9.88. The molecular weight excluding hydrogens is 206 g/mol. The summed E-state index contributed by atoms with van der Waals surface area (Å²) in [5.74, 6) is 0.111. The molecule has 0 spiro atoms. The minimum atomic E-state index is -0.00191. The predicted octanol–water partition coefficient (Wildman–Crippen LogP) is 0.714. The van der Waals surface area contributed by atoms with Crippen LogP contribution in [0.1, 0.15) is 45.4 Å². The van der Waals surface area contributed by atoms with Crippen LogP contribution in [0.25, 0.3) is 0 Å². The van der Waals surface area contributed by atoms with Crippen molar-refractivity contribution in [2.75, 3.05) is 13.6 Å². The minimum Gasteiger partial charge on any atom is -0.356 e. The highest BCUT2D eigenvalue weighted by molar-refractivity contribution is 5.76. The number of carbonyl (C=O) groups is 2. The molecule has 0 aliphatic heterocycles. The fraction of sp³-hybridized carbons (Fsp3) is 0.818. The van der Waals surface area contributed by atoms with Crippen LogP contribution in [0.15, 0.2) is 0 Å². The second kappa shape index (κ2) is 10.4. The molecule has 0 aromatic heterocycles. The van der Waals surface area contributed by atoms with Crippen LogP contribution >= 0.6 is 0 Å². The van der Waals surface area contributed by atoms with Crippen molar-refractivity contribution in [1.82, 2.24) is 16.2 Å². The lowest BCUT2D eigenvalue weighted by atomic mass is 10.1. The number of unbranched alkanes of at least 4 members (excludes halogenated alkanes) is 2. The Balaban J connectivity index is 3.26. The first kappa shape index (κ1) is 14.9. The fourth-order valence-corrected chi connectivity index (χ4v) is 1.30. The van der Waals surface area contributed by atoms with Crippen molar-refractivity contribution < 1.29 is 9.59 Å². The highest BCUT2D eigenvalue weighted by Crippen LogP contribution is 2.02. The molecule has 94 valence electrons. The van der Waals surface area contributed by atoms with Crippen molar-refractivity contribution in [2.24, 2.45) is 0 Å². The average Bonchev–Trinajstić information content (AvgIpc) is 2.26. The Hall–Kier alpha value is -1.10. The largest absolute Gasteiger partial charge is 0.356 e. The number of hydrogen-bond donors (Lipinski definition) is 3. The van der Waals surface area contributed by atoms with Gasteiger partial charge in [-0.15, -0.1) is 0 Å². The predicted molar refractivity (Wildman–Crippen MR) is 63.6 cm³/mol. The summed E-state index contributed by atoms with van der Waals surface area (Å²) in [6.07, 6.45) is 4.63. The standard InChI is InChI=1S/C11H23N3O2/c1-3-9-13-10(15)7-5-4-6-8-11(16)14-12-2/h12H,3-9H2,1-2H3,(H,13,15)(H,14,16). The second-order valence-electron chi connectivity index (χ2n) is 3.71. The third-order valence-electron chi connectivity index (χ3n) is 2.14. The van der Waals surface area contributed by atoms with Crippen LogP contribution < -0.4 is 16.2 Å².